The first-order valence-electron chi connectivity index (χ1n) is 11.5. The Hall–Kier alpha value is -2.91. The van der Waals surface area contributed by atoms with Crippen molar-refractivity contribution in [2.24, 2.45) is 11.8 Å². The third-order valence-electron chi connectivity index (χ3n) is 5.95. The van der Waals surface area contributed by atoms with Gasteiger partial charge in [0.2, 0.25) is 11.8 Å². The van der Waals surface area contributed by atoms with Gasteiger partial charge in [0.05, 0.1) is 6.04 Å². The third-order valence-corrected chi connectivity index (χ3v) is 5.95. The van der Waals surface area contributed by atoms with Crippen LogP contribution in [-0.2, 0) is 28.7 Å². The SMILES string of the molecule is CC(C)CC(NC(=O)C(=O)NC1(C(F)(F)F)CC1)C(=O)NC(CC1CCNC1=O)C(=O)COC(F)(F)F. The van der Waals surface area contributed by atoms with Gasteiger partial charge in [0.1, 0.15) is 18.2 Å². The van der Waals surface area contributed by atoms with Crippen LogP contribution < -0.4 is 21.3 Å². The summed E-state index contributed by atoms with van der Waals surface area (Å²) in [5.41, 5.74) is -2.52. The minimum Gasteiger partial charge on any atom is -0.356 e. The molecule has 2 aliphatic rings. The van der Waals surface area contributed by atoms with E-state index in [9.17, 15) is 50.3 Å². The van der Waals surface area contributed by atoms with E-state index in [-0.39, 0.29) is 31.7 Å². The van der Waals surface area contributed by atoms with Gasteiger partial charge in [0.15, 0.2) is 5.78 Å². The molecule has 2 rings (SSSR count). The number of hydrogen-bond acceptors (Lipinski definition) is 6. The van der Waals surface area contributed by atoms with Gasteiger partial charge in [-0.2, -0.15) is 13.2 Å². The second-order valence-corrected chi connectivity index (χ2v) is 9.46. The number of ketones is 1. The summed E-state index contributed by atoms with van der Waals surface area (Å²) in [6.45, 7) is 2.06. The predicted molar refractivity (Wildman–Crippen MR) is 112 cm³/mol. The Kier molecular flexibility index (Phi) is 9.54. The minimum absolute atomic E-state index is 0.126. The van der Waals surface area contributed by atoms with Gasteiger partial charge < -0.3 is 21.3 Å². The highest BCUT2D eigenvalue weighted by Gasteiger charge is 2.64. The van der Waals surface area contributed by atoms with E-state index in [1.165, 1.54) is 0 Å². The first kappa shape index (κ1) is 30.3. The monoisotopic (exact) mass is 546 g/mol. The van der Waals surface area contributed by atoms with E-state index in [2.05, 4.69) is 15.4 Å². The molecule has 4 amide bonds. The van der Waals surface area contributed by atoms with Gasteiger partial charge in [-0.05, 0) is 38.0 Å². The van der Waals surface area contributed by atoms with E-state index in [1.807, 2.05) is 5.32 Å². The molecule has 0 aromatic carbocycles. The second-order valence-electron chi connectivity index (χ2n) is 9.46. The Bertz CT molecular complexity index is 903. The minimum atomic E-state index is -5.13. The molecule has 1 heterocycles. The van der Waals surface area contributed by atoms with Crippen LogP contribution in [0.1, 0.15) is 46.0 Å². The van der Waals surface area contributed by atoms with Crippen molar-refractivity contribution in [2.75, 3.05) is 13.2 Å². The summed E-state index contributed by atoms with van der Waals surface area (Å²) < 4.78 is 80.0. The summed E-state index contributed by atoms with van der Waals surface area (Å²) in [7, 11) is 0. The molecule has 0 aromatic rings. The van der Waals surface area contributed by atoms with Gasteiger partial charge >= 0.3 is 24.4 Å². The molecule has 0 spiro atoms. The van der Waals surface area contributed by atoms with Crippen LogP contribution in [0.15, 0.2) is 0 Å². The summed E-state index contributed by atoms with van der Waals surface area (Å²) in [6.07, 6.45) is -11.0. The third kappa shape index (κ3) is 8.86. The van der Waals surface area contributed by atoms with Gasteiger partial charge in [-0.3, -0.25) is 28.7 Å². The highest BCUT2D eigenvalue weighted by molar-refractivity contribution is 6.35. The maximum absolute atomic E-state index is 13.1. The molecule has 4 N–H and O–H groups in total. The Morgan fingerprint density at radius 3 is 2.11 bits per heavy atom. The van der Waals surface area contributed by atoms with Gasteiger partial charge in [-0.15, -0.1) is 13.2 Å². The number of hydrogen-bond donors (Lipinski definition) is 4. The smallest absolute Gasteiger partial charge is 0.356 e. The summed E-state index contributed by atoms with van der Waals surface area (Å²) in [5.74, 6) is -6.98. The molecular weight excluding hydrogens is 518 g/mol. The molecule has 1 saturated carbocycles. The lowest BCUT2D eigenvalue weighted by Gasteiger charge is -2.25. The summed E-state index contributed by atoms with van der Waals surface area (Å²) in [4.78, 5) is 61.6. The van der Waals surface area contributed by atoms with Crippen LogP contribution >= 0.6 is 0 Å². The first-order valence-corrected chi connectivity index (χ1v) is 11.5. The average molecular weight is 546 g/mol. The van der Waals surface area contributed by atoms with E-state index < -0.39 is 84.9 Å². The van der Waals surface area contributed by atoms with Crippen molar-refractivity contribution in [1.29, 1.82) is 0 Å². The highest BCUT2D eigenvalue weighted by atomic mass is 19.4. The van der Waals surface area contributed by atoms with E-state index in [1.54, 1.807) is 19.2 Å². The largest absolute Gasteiger partial charge is 0.522 e. The molecule has 1 aliphatic heterocycles. The van der Waals surface area contributed by atoms with Gasteiger partial charge in [0.25, 0.3) is 0 Å². The molecule has 3 atom stereocenters. The fourth-order valence-corrected chi connectivity index (χ4v) is 3.76. The molecule has 1 aliphatic carbocycles. The number of carbonyl (C=O) groups excluding carboxylic acids is 5. The Balaban J connectivity index is 2.12. The number of nitrogens with one attached hydrogen (secondary N) is 4. The number of rotatable bonds is 11. The normalized spacial score (nSPS) is 20.6. The van der Waals surface area contributed by atoms with Crippen molar-refractivity contribution < 1.29 is 55.1 Å². The number of carbonyl (C=O) groups is 5. The zero-order valence-corrected chi connectivity index (χ0v) is 20.0. The van der Waals surface area contributed by atoms with Crippen LogP contribution in [0.5, 0.6) is 0 Å². The molecule has 37 heavy (non-hydrogen) atoms. The standard InChI is InChI=1S/C21H28F6N4O6/c1-10(2)7-13(30-17(35)18(36)31-19(4-5-19)20(22,23)24)16(34)29-12(8-11-3-6-28-15(11)33)14(32)9-37-21(25,26)27/h10-13H,3-9H2,1-2H3,(H,28,33)(H,29,34)(H,30,35)(H,31,36). The summed E-state index contributed by atoms with van der Waals surface area (Å²) >= 11 is 0. The molecule has 0 bridgehead atoms. The summed E-state index contributed by atoms with van der Waals surface area (Å²) in [5, 5.41) is 8.32. The zero-order valence-electron chi connectivity index (χ0n) is 20.0. The van der Waals surface area contributed by atoms with Crippen molar-refractivity contribution >= 4 is 29.4 Å². The highest BCUT2D eigenvalue weighted by Crippen LogP contribution is 2.48. The Morgan fingerprint density at radius 1 is 1.03 bits per heavy atom. The topological polar surface area (TPSA) is 143 Å². The van der Waals surface area contributed by atoms with E-state index >= 15 is 0 Å². The maximum Gasteiger partial charge on any atom is 0.522 e. The number of Topliss-reactive ketones (excluding diaryl/α,β-unsaturated/α-hetero) is 1. The summed E-state index contributed by atoms with van der Waals surface area (Å²) in [6, 6.07) is -3.13. The van der Waals surface area contributed by atoms with Crippen LogP contribution in [0, 0.1) is 11.8 Å². The van der Waals surface area contributed by atoms with Crippen molar-refractivity contribution in [1.82, 2.24) is 21.3 Å². The Morgan fingerprint density at radius 2 is 1.65 bits per heavy atom. The molecule has 3 unspecified atom stereocenters. The van der Waals surface area contributed by atoms with Crippen molar-refractivity contribution in [2.45, 2.75) is 76.1 Å². The van der Waals surface area contributed by atoms with Crippen LogP contribution in [0.4, 0.5) is 26.3 Å². The molecule has 1 saturated heterocycles. The van der Waals surface area contributed by atoms with Crippen molar-refractivity contribution in [3.8, 4) is 0 Å². The quantitative estimate of drug-likeness (QED) is 0.224. The predicted octanol–water partition coefficient (Wildman–Crippen LogP) is 0.845. The van der Waals surface area contributed by atoms with E-state index in [4.69, 9.17) is 0 Å². The van der Waals surface area contributed by atoms with Crippen LogP contribution in [0.3, 0.4) is 0 Å². The first-order chi connectivity index (χ1) is 16.9. The molecule has 2 fully saturated rings. The average Bonchev–Trinajstić information content (AvgIpc) is 3.45. The number of halogens is 6. The molecule has 0 radical (unpaired) electrons. The van der Waals surface area contributed by atoms with Gasteiger partial charge in [0, 0.05) is 12.5 Å². The van der Waals surface area contributed by atoms with Crippen LogP contribution in [0.25, 0.3) is 0 Å². The number of amides is 4. The Labute approximate surface area is 207 Å². The van der Waals surface area contributed by atoms with Crippen molar-refractivity contribution in [3.05, 3.63) is 0 Å². The van der Waals surface area contributed by atoms with Gasteiger partial charge in [-0.25, -0.2) is 0 Å². The van der Waals surface area contributed by atoms with Crippen LogP contribution in [-0.4, -0.2) is 72.7 Å². The maximum atomic E-state index is 13.1. The lowest BCUT2D eigenvalue weighted by molar-refractivity contribution is -0.321. The molecule has 0 aromatic heterocycles. The fraction of sp³-hybridized carbons (Fsp3) is 0.762. The molecule has 10 nitrogen and oxygen atoms in total. The zero-order chi connectivity index (χ0) is 28.2. The lowest BCUT2D eigenvalue weighted by Crippen LogP contribution is -2.57. The fourth-order valence-electron chi connectivity index (χ4n) is 3.76. The lowest BCUT2D eigenvalue weighted by atomic mass is 9.95. The molecule has 210 valence electrons. The second kappa shape index (κ2) is 11.6. The molecular formula is C21H28F6N4O6. The van der Waals surface area contributed by atoms with E-state index in [0.717, 1.165) is 0 Å². The number of ether oxygens (including phenoxy) is 1. The van der Waals surface area contributed by atoms with Gasteiger partial charge in [-0.1, -0.05) is 13.8 Å². The van der Waals surface area contributed by atoms with Crippen LogP contribution in [0.2, 0.25) is 0 Å². The van der Waals surface area contributed by atoms with Crippen molar-refractivity contribution in [3.63, 3.8) is 0 Å². The molecule has 16 heteroatoms. The number of alkyl halides is 6. The van der Waals surface area contributed by atoms with E-state index in [0.29, 0.717) is 0 Å².